The van der Waals surface area contributed by atoms with Crippen LogP contribution in [0.15, 0.2) is 18.2 Å². The maximum atomic E-state index is 10.7. The molecule has 5 nitrogen and oxygen atoms in total. The molecule has 0 unspecified atom stereocenters. The van der Waals surface area contributed by atoms with Gasteiger partial charge in [-0.3, -0.25) is 4.79 Å². The maximum Gasteiger partial charge on any atom is 0.307 e. The number of thiocarbonyl (C=S) groups is 1. The highest BCUT2D eigenvalue weighted by Gasteiger charge is 2.08. The lowest BCUT2D eigenvalue weighted by atomic mass is 10.1. The minimum absolute atomic E-state index is 0.0943. The van der Waals surface area contributed by atoms with Crippen LogP contribution < -0.4 is 15.8 Å². The molecule has 0 amide bonds. The van der Waals surface area contributed by atoms with Crippen LogP contribution in [0, 0.1) is 0 Å². The maximum absolute atomic E-state index is 10.7. The summed E-state index contributed by atoms with van der Waals surface area (Å²) in [6.45, 7) is 0. The Balaban J connectivity index is 3.05. The number of rotatable bonds is 4. The summed E-state index contributed by atoms with van der Waals surface area (Å²) in [5.74, 6) is -0.344. The van der Waals surface area contributed by atoms with Gasteiger partial charge in [0.25, 0.3) is 0 Å². The lowest BCUT2D eigenvalue weighted by Crippen LogP contribution is -2.20. The Morgan fingerprint density at radius 2 is 2.31 bits per heavy atom. The molecular formula is C10H12N2O3S. The molecule has 1 aromatic carbocycles. The van der Waals surface area contributed by atoms with Crippen LogP contribution in [-0.2, 0) is 11.2 Å². The number of aliphatic carboxylic acids is 1. The number of carboxylic acid groups (broad SMARTS) is 1. The van der Waals surface area contributed by atoms with Crippen molar-refractivity contribution in [1.82, 2.24) is 0 Å². The fourth-order valence-corrected chi connectivity index (χ4v) is 1.37. The fourth-order valence-electron chi connectivity index (χ4n) is 1.26. The molecule has 0 saturated heterocycles. The zero-order valence-electron chi connectivity index (χ0n) is 8.69. The van der Waals surface area contributed by atoms with Crippen molar-refractivity contribution in [3.05, 3.63) is 23.8 Å². The number of nitrogens with two attached hydrogens (primary N) is 1. The Labute approximate surface area is 98.2 Å². The van der Waals surface area contributed by atoms with Gasteiger partial charge in [0, 0.05) is 5.69 Å². The summed E-state index contributed by atoms with van der Waals surface area (Å²) in [5.41, 5.74) is 6.48. The standard InChI is InChI=1S/C10H12N2O3S/c1-15-7-2-3-8(12-10(11)16)6(4-7)5-9(13)14/h2-4H,5H2,1H3,(H,13,14)(H3,11,12,16). The van der Waals surface area contributed by atoms with Crippen molar-refractivity contribution in [2.24, 2.45) is 5.73 Å². The molecule has 1 aromatic rings. The monoisotopic (exact) mass is 240 g/mol. The van der Waals surface area contributed by atoms with Crippen LogP contribution in [0.25, 0.3) is 0 Å². The Hall–Kier alpha value is -1.82. The third kappa shape index (κ3) is 3.39. The minimum atomic E-state index is -0.931. The van der Waals surface area contributed by atoms with E-state index in [-0.39, 0.29) is 11.5 Å². The normalized spacial score (nSPS) is 9.56. The first-order valence-electron chi connectivity index (χ1n) is 4.48. The third-order valence-corrected chi connectivity index (χ3v) is 2.01. The van der Waals surface area contributed by atoms with Crippen molar-refractivity contribution in [3.8, 4) is 5.75 Å². The van der Waals surface area contributed by atoms with Crippen LogP contribution in [0.2, 0.25) is 0 Å². The molecule has 4 N–H and O–H groups in total. The largest absolute Gasteiger partial charge is 0.497 e. The Bertz CT molecular complexity index is 421. The van der Waals surface area contributed by atoms with Gasteiger partial charge in [-0.2, -0.15) is 0 Å². The summed E-state index contributed by atoms with van der Waals surface area (Å²) in [4.78, 5) is 10.7. The summed E-state index contributed by atoms with van der Waals surface area (Å²) in [6, 6.07) is 5.01. The van der Waals surface area contributed by atoms with Gasteiger partial charge in [0.15, 0.2) is 5.11 Å². The van der Waals surface area contributed by atoms with Crippen LogP contribution >= 0.6 is 12.2 Å². The van der Waals surface area contributed by atoms with E-state index in [4.69, 9.17) is 27.8 Å². The van der Waals surface area contributed by atoms with Gasteiger partial charge in [0.2, 0.25) is 0 Å². The molecule has 0 aromatic heterocycles. The number of benzene rings is 1. The van der Waals surface area contributed by atoms with Crippen molar-refractivity contribution < 1.29 is 14.6 Å². The van der Waals surface area contributed by atoms with Crippen LogP contribution in [-0.4, -0.2) is 23.3 Å². The zero-order chi connectivity index (χ0) is 12.1. The minimum Gasteiger partial charge on any atom is -0.497 e. The number of methoxy groups -OCH3 is 1. The van der Waals surface area contributed by atoms with E-state index in [1.807, 2.05) is 0 Å². The van der Waals surface area contributed by atoms with Crippen molar-refractivity contribution in [3.63, 3.8) is 0 Å². The van der Waals surface area contributed by atoms with E-state index in [0.717, 1.165) is 0 Å². The number of anilines is 1. The van der Waals surface area contributed by atoms with Gasteiger partial charge in [0.1, 0.15) is 5.75 Å². The quantitative estimate of drug-likeness (QED) is 0.680. The van der Waals surface area contributed by atoms with E-state index in [2.05, 4.69) is 5.32 Å². The molecule has 6 heteroatoms. The van der Waals surface area contributed by atoms with E-state index < -0.39 is 5.97 Å². The highest BCUT2D eigenvalue weighted by molar-refractivity contribution is 7.80. The number of ether oxygens (including phenoxy) is 1. The van der Waals surface area contributed by atoms with Crippen LogP contribution in [0.3, 0.4) is 0 Å². The highest BCUT2D eigenvalue weighted by Crippen LogP contribution is 2.22. The molecule has 0 radical (unpaired) electrons. The number of hydrogen-bond donors (Lipinski definition) is 3. The van der Waals surface area contributed by atoms with E-state index in [1.54, 1.807) is 18.2 Å². The van der Waals surface area contributed by atoms with E-state index in [9.17, 15) is 4.79 Å². The molecule has 0 heterocycles. The number of nitrogens with one attached hydrogen (secondary N) is 1. The van der Waals surface area contributed by atoms with Crippen LogP contribution in [0.5, 0.6) is 5.75 Å². The second kappa shape index (κ2) is 5.32. The summed E-state index contributed by atoms with van der Waals surface area (Å²) >= 11 is 4.70. The van der Waals surface area contributed by atoms with Gasteiger partial charge >= 0.3 is 5.97 Å². The molecule has 86 valence electrons. The van der Waals surface area contributed by atoms with Gasteiger partial charge in [-0.25, -0.2) is 0 Å². The lowest BCUT2D eigenvalue weighted by molar-refractivity contribution is -0.136. The SMILES string of the molecule is COc1ccc(NC(N)=S)c(CC(=O)O)c1. The van der Waals surface area contributed by atoms with E-state index in [1.165, 1.54) is 7.11 Å². The van der Waals surface area contributed by atoms with Gasteiger partial charge in [-0.15, -0.1) is 0 Å². The first kappa shape index (κ1) is 12.3. The van der Waals surface area contributed by atoms with Gasteiger partial charge in [-0.05, 0) is 36.0 Å². The van der Waals surface area contributed by atoms with Crippen molar-refractivity contribution in [1.29, 1.82) is 0 Å². The third-order valence-electron chi connectivity index (χ3n) is 1.91. The molecule has 16 heavy (non-hydrogen) atoms. The predicted octanol–water partition coefficient (Wildman–Crippen LogP) is 0.978. The number of carbonyl (C=O) groups is 1. The molecular weight excluding hydrogens is 228 g/mol. The van der Waals surface area contributed by atoms with Crippen molar-refractivity contribution in [2.75, 3.05) is 12.4 Å². The summed E-state index contributed by atoms with van der Waals surface area (Å²) in [6.07, 6.45) is -0.123. The smallest absolute Gasteiger partial charge is 0.307 e. The first-order chi connectivity index (χ1) is 7.52. The average Bonchev–Trinajstić information content (AvgIpc) is 2.19. The summed E-state index contributed by atoms with van der Waals surface area (Å²) < 4.78 is 5.01. The molecule has 0 fully saturated rings. The molecule has 0 bridgehead atoms. The fraction of sp³-hybridized carbons (Fsp3) is 0.200. The number of carboxylic acids is 1. The van der Waals surface area contributed by atoms with Gasteiger partial charge in [-0.1, -0.05) is 0 Å². The van der Waals surface area contributed by atoms with Gasteiger partial charge in [0.05, 0.1) is 13.5 Å². The first-order valence-corrected chi connectivity index (χ1v) is 4.89. The zero-order valence-corrected chi connectivity index (χ0v) is 9.50. The van der Waals surface area contributed by atoms with Crippen LogP contribution in [0.1, 0.15) is 5.56 Å². The Morgan fingerprint density at radius 1 is 1.62 bits per heavy atom. The molecule has 0 saturated carbocycles. The van der Waals surface area contributed by atoms with E-state index >= 15 is 0 Å². The Morgan fingerprint density at radius 3 is 2.81 bits per heavy atom. The molecule has 0 spiro atoms. The summed E-state index contributed by atoms with van der Waals surface area (Å²) in [5, 5.41) is 11.6. The van der Waals surface area contributed by atoms with Gasteiger partial charge < -0.3 is 20.9 Å². The van der Waals surface area contributed by atoms with E-state index in [0.29, 0.717) is 17.0 Å². The molecule has 1 rings (SSSR count). The molecule has 0 atom stereocenters. The molecule has 0 aliphatic heterocycles. The van der Waals surface area contributed by atoms with Crippen molar-refractivity contribution in [2.45, 2.75) is 6.42 Å². The second-order valence-electron chi connectivity index (χ2n) is 3.08. The van der Waals surface area contributed by atoms with Crippen LogP contribution in [0.4, 0.5) is 5.69 Å². The number of hydrogen-bond acceptors (Lipinski definition) is 3. The summed E-state index contributed by atoms with van der Waals surface area (Å²) in [7, 11) is 1.51. The Kier molecular flexibility index (Phi) is 4.07. The van der Waals surface area contributed by atoms with Crippen molar-refractivity contribution >= 4 is 29.0 Å². The highest BCUT2D eigenvalue weighted by atomic mass is 32.1. The molecule has 0 aliphatic carbocycles. The second-order valence-corrected chi connectivity index (χ2v) is 3.52. The average molecular weight is 240 g/mol. The lowest BCUT2D eigenvalue weighted by Gasteiger charge is -2.10. The molecule has 0 aliphatic rings. The topological polar surface area (TPSA) is 84.6 Å². The predicted molar refractivity (Wildman–Crippen MR) is 64.7 cm³/mol.